The normalized spacial score (nSPS) is 17.8. The molecule has 34 heavy (non-hydrogen) atoms. The molecular formula is C24H26ClFN4O4. The summed E-state index contributed by atoms with van der Waals surface area (Å²) in [6.07, 6.45) is 4.29. The topological polar surface area (TPSA) is 85.8 Å². The van der Waals surface area contributed by atoms with Crippen LogP contribution in [-0.4, -0.2) is 54.4 Å². The van der Waals surface area contributed by atoms with Crippen molar-refractivity contribution >= 4 is 40.1 Å². The standard InChI is InChI=1S/C24H26ClFN4O4/c1-30(24(31)33-3)15-5-7-16(8-6-15)34-22-11-17-20(12-21(22)32-2)27-13-28-23(17)29-14-4-9-19(26)18(25)10-14/h4,9-13,15-16H,5-8H2,1-3H3,(H,27,28,29). The number of amides is 1. The molecule has 8 nitrogen and oxygen atoms in total. The van der Waals surface area contributed by atoms with Gasteiger partial charge in [0.1, 0.15) is 18.0 Å². The van der Waals surface area contributed by atoms with E-state index in [1.807, 2.05) is 6.07 Å². The number of nitrogens with zero attached hydrogens (tertiary/aromatic N) is 3. The second kappa shape index (κ2) is 10.3. The largest absolute Gasteiger partial charge is 0.493 e. The first kappa shape index (κ1) is 23.8. The van der Waals surface area contributed by atoms with Gasteiger partial charge in [0.05, 0.1) is 30.9 Å². The number of rotatable bonds is 6. The van der Waals surface area contributed by atoms with Gasteiger partial charge >= 0.3 is 6.09 Å². The zero-order chi connectivity index (χ0) is 24.2. The van der Waals surface area contributed by atoms with Gasteiger partial charge in [-0.25, -0.2) is 19.2 Å². The van der Waals surface area contributed by atoms with E-state index in [0.29, 0.717) is 28.5 Å². The number of nitrogens with one attached hydrogen (secondary N) is 1. The van der Waals surface area contributed by atoms with Gasteiger partial charge in [-0.15, -0.1) is 0 Å². The molecule has 0 spiro atoms. The van der Waals surface area contributed by atoms with Crippen molar-refractivity contribution in [3.63, 3.8) is 0 Å². The Labute approximate surface area is 202 Å². The van der Waals surface area contributed by atoms with Gasteiger partial charge in [0, 0.05) is 30.2 Å². The van der Waals surface area contributed by atoms with E-state index >= 15 is 0 Å². The summed E-state index contributed by atoms with van der Waals surface area (Å²) in [5.74, 6) is 1.18. The van der Waals surface area contributed by atoms with Gasteiger partial charge in [0.25, 0.3) is 0 Å². The molecule has 1 amide bonds. The summed E-state index contributed by atoms with van der Waals surface area (Å²) in [4.78, 5) is 22.1. The highest BCUT2D eigenvalue weighted by molar-refractivity contribution is 6.31. The van der Waals surface area contributed by atoms with Gasteiger partial charge in [-0.1, -0.05) is 11.6 Å². The van der Waals surface area contributed by atoms with Crippen molar-refractivity contribution in [2.75, 3.05) is 26.6 Å². The maximum absolute atomic E-state index is 13.5. The first-order valence-electron chi connectivity index (χ1n) is 10.9. The zero-order valence-electron chi connectivity index (χ0n) is 19.2. The third-order valence-corrected chi connectivity index (χ3v) is 6.34. The number of hydrogen-bond donors (Lipinski definition) is 1. The third kappa shape index (κ3) is 5.09. The Morgan fingerprint density at radius 3 is 2.56 bits per heavy atom. The number of carbonyl (C=O) groups excluding carboxylic acids is 1. The molecule has 1 aliphatic rings. The molecule has 0 unspecified atom stereocenters. The van der Waals surface area contributed by atoms with E-state index < -0.39 is 5.82 Å². The Hall–Kier alpha value is -3.33. The summed E-state index contributed by atoms with van der Waals surface area (Å²) in [6, 6.07) is 8.13. The molecule has 10 heteroatoms. The van der Waals surface area contributed by atoms with E-state index in [9.17, 15) is 9.18 Å². The molecule has 2 aromatic carbocycles. The molecule has 1 N–H and O–H groups in total. The van der Waals surface area contributed by atoms with Crippen LogP contribution < -0.4 is 14.8 Å². The van der Waals surface area contributed by atoms with Crippen molar-refractivity contribution in [3.8, 4) is 11.5 Å². The molecule has 1 aromatic heterocycles. The van der Waals surface area contributed by atoms with E-state index in [2.05, 4.69) is 15.3 Å². The first-order valence-corrected chi connectivity index (χ1v) is 11.3. The summed E-state index contributed by atoms with van der Waals surface area (Å²) in [5.41, 5.74) is 1.26. The van der Waals surface area contributed by atoms with Crippen LogP contribution in [0, 0.1) is 5.82 Å². The Balaban J connectivity index is 1.55. The van der Waals surface area contributed by atoms with Gasteiger partial charge in [0.15, 0.2) is 11.5 Å². The fraction of sp³-hybridized carbons (Fsp3) is 0.375. The van der Waals surface area contributed by atoms with Gasteiger partial charge in [-0.2, -0.15) is 0 Å². The van der Waals surface area contributed by atoms with Gasteiger partial charge in [-0.05, 0) is 49.9 Å². The number of hydrogen-bond acceptors (Lipinski definition) is 7. The van der Waals surface area contributed by atoms with Crippen molar-refractivity contribution in [1.82, 2.24) is 14.9 Å². The molecule has 0 atom stereocenters. The lowest BCUT2D eigenvalue weighted by molar-refractivity contribution is 0.0801. The van der Waals surface area contributed by atoms with Crippen LogP contribution >= 0.6 is 11.6 Å². The number of anilines is 2. The average molecular weight is 489 g/mol. The van der Waals surface area contributed by atoms with Gasteiger partial charge < -0.3 is 24.4 Å². The summed E-state index contributed by atoms with van der Waals surface area (Å²) in [6.45, 7) is 0. The fourth-order valence-electron chi connectivity index (χ4n) is 4.15. The van der Waals surface area contributed by atoms with Crippen molar-refractivity contribution < 1.29 is 23.4 Å². The number of carbonyl (C=O) groups is 1. The number of fused-ring (bicyclic) bond motifs is 1. The van der Waals surface area contributed by atoms with E-state index in [0.717, 1.165) is 31.1 Å². The summed E-state index contributed by atoms with van der Waals surface area (Å²) in [7, 11) is 4.72. The molecule has 0 radical (unpaired) electrons. The summed E-state index contributed by atoms with van der Waals surface area (Å²) in [5, 5.41) is 3.91. The van der Waals surface area contributed by atoms with Crippen LogP contribution in [0.5, 0.6) is 11.5 Å². The average Bonchev–Trinajstić information content (AvgIpc) is 2.85. The van der Waals surface area contributed by atoms with E-state index in [-0.39, 0.29) is 23.3 Å². The van der Waals surface area contributed by atoms with Crippen LogP contribution in [-0.2, 0) is 4.74 Å². The first-order chi connectivity index (χ1) is 16.4. The number of ether oxygens (including phenoxy) is 3. The lowest BCUT2D eigenvalue weighted by Gasteiger charge is -2.34. The van der Waals surface area contributed by atoms with Crippen LogP contribution in [0.25, 0.3) is 10.9 Å². The highest BCUT2D eigenvalue weighted by atomic mass is 35.5. The molecule has 3 aromatic rings. The predicted molar refractivity (Wildman–Crippen MR) is 128 cm³/mol. The molecule has 180 valence electrons. The van der Waals surface area contributed by atoms with Crippen LogP contribution in [0.1, 0.15) is 25.7 Å². The molecule has 1 heterocycles. The minimum Gasteiger partial charge on any atom is -0.493 e. The predicted octanol–water partition coefficient (Wildman–Crippen LogP) is 5.56. The van der Waals surface area contributed by atoms with Gasteiger partial charge in [-0.3, -0.25) is 0 Å². The summed E-state index contributed by atoms with van der Waals surface area (Å²) >= 11 is 5.91. The van der Waals surface area contributed by atoms with Crippen LogP contribution in [0.3, 0.4) is 0 Å². The molecule has 1 saturated carbocycles. The molecule has 0 aliphatic heterocycles. The molecule has 1 fully saturated rings. The third-order valence-electron chi connectivity index (χ3n) is 6.05. The SMILES string of the molecule is COC(=O)N(C)C1CCC(Oc2cc3c(Nc4ccc(F)c(Cl)c4)ncnc3cc2OC)CC1. The number of benzene rings is 2. The van der Waals surface area contributed by atoms with Crippen molar-refractivity contribution in [2.24, 2.45) is 0 Å². The van der Waals surface area contributed by atoms with Crippen molar-refractivity contribution in [1.29, 1.82) is 0 Å². The highest BCUT2D eigenvalue weighted by Gasteiger charge is 2.28. The fourth-order valence-corrected chi connectivity index (χ4v) is 4.33. The molecule has 1 aliphatic carbocycles. The minimum atomic E-state index is -0.493. The smallest absolute Gasteiger partial charge is 0.409 e. The van der Waals surface area contributed by atoms with Gasteiger partial charge in [0.2, 0.25) is 0 Å². The second-order valence-corrected chi connectivity index (χ2v) is 8.53. The van der Waals surface area contributed by atoms with Crippen LogP contribution in [0.2, 0.25) is 5.02 Å². The number of methoxy groups -OCH3 is 2. The van der Waals surface area contributed by atoms with Crippen molar-refractivity contribution in [2.45, 2.75) is 37.8 Å². The Bertz CT molecular complexity index is 1190. The Morgan fingerprint density at radius 1 is 1.12 bits per heavy atom. The monoisotopic (exact) mass is 488 g/mol. The lowest BCUT2D eigenvalue weighted by Crippen LogP contribution is -2.41. The Kier molecular flexibility index (Phi) is 7.21. The van der Waals surface area contributed by atoms with Crippen LogP contribution in [0.4, 0.5) is 20.7 Å². The van der Waals surface area contributed by atoms with Crippen molar-refractivity contribution in [3.05, 3.63) is 47.5 Å². The maximum Gasteiger partial charge on any atom is 0.409 e. The molecule has 0 saturated heterocycles. The maximum atomic E-state index is 13.5. The number of halogens is 2. The van der Waals surface area contributed by atoms with Crippen LogP contribution in [0.15, 0.2) is 36.7 Å². The second-order valence-electron chi connectivity index (χ2n) is 8.13. The zero-order valence-corrected chi connectivity index (χ0v) is 19.9. The minimum absolute atomic E-state index is 0.0162. The Morgan fingerprint density at radius 2 is 1.88 bits per heavy atom. The molecule has 4 rings (SSSR count). The quantitative estimate of drug-likeness (QED) is 0.486. The number of aromatic nitrogens is 2. The highest BCUT2D eigenvalue weighted by Crippen LogP contribution is 2.37. The van der Waals surface area contributed by atoms with E-state index in [4.69, 9.17) is 25.8 Å². The summed E-state index contributed by atoms with van der Waals surface area (Å²) < 4.78 is 30.2. The van der Waals surface area contributed by atoms with E-state index in [1.165, 1.54) is 25.6 Å². The molecule has 0 bridgehead atoms. The molecular weight excluding hydrogens is 463 g/mol. The van der Waals surface area contributed by atoms with E-state index in [1.54, 1.807) is 31.2 Å². The lowest BCUT2D eigenvalue weighted by atomic mass is 9.92.